The summed E-state index contributed by atoms with van der Waals surface area (Å²) in [7, 11) is 2.01. The van der Waals surface area contributed by atoms with Crippen LogP contribution in [-0.4, -0.2) is 31.2 Å². The summed E-state index contributed by atoms with van der Waals surface area (Å²) in [6.45, 7) is 2.12. The zero-order valence-electron chi connectivity index (χ0n) is 22.4. The second-order valence-electron chi connectivity index (χ2n) is 10.7. The third-order valence-corrected chi connectivity index (χ3v) is 8.29. The average molecular weight is 529 g/mol. The number of nitrogens with one attached hydrogen (secondary N) is 2. The summed E-state index contributed by atoms with van der Waals surface area (Å²) in [6, 6.07) is 19.7. The number of rotatable bonds is 6. The minimum absolute atomic E-state index is 0.00161. The first-order chi connectivity index (χ1) is 19.5. The maximum Gasteiger partial charge on any atom is 0.237 e. The maximum atomic E-state index is 13.8. The highest BCUT2D eigenvalue weighted by Crippen LogP contribution is 2.47. The van der Waals surface area contributed by atoms with Crippen molar-refractivity contribution >= 4 is 39.9 Å². The first-order valence-corrected chi connectivity index (χ1v) is 13.6. The van der Waals surface area contributed by atoms with Gasteiger partial charge in [0.15, 0.2) is 0 Å². The summed E-state index contributed by atoms with van der Waals surface area (Å²) in [5.74, 6) is 1.09. The number of carbonyl (C=O) groups is 2. The van der Waals surface area contributed by atoms with Gasteiger partial charge in [-0.1, -0.05) is 43.7 Å². The molecule has 0 bridgehead atoms. The van der Waals surface area contributed by atoms with Crippen molar-refractivity contribution in [3.8, 4) is 0 Å². The van der Waals surface area contributed by atoms with E-state index in [-0.39, 0.29) is 11.7 Å². The Balaban J connectivity index is 1.18. The Morgan fingerprint density at radius 2 is 1.88 bits per heavy atom. The second-order valence-corrected chi connectivity index (χ2v) is 10.7. The predicted molar refractivity (Wildman–Crippen MR) is 154 cm³/mol. The van der Waals surface area contributed by atoms with Crippen molar-refractivity contribution in [1.29, 1.82) is 0 Å². The largest absolute Gasteiger partial charge is 0.347 e. The van der Waals surface area contributed by atoms with Crippen molar-refractivity contribution in [2.45, 2.75) is 38.0 Å². The van der Waals surface area contributed by atoms with E-state index in [4.69, 9.17) is 0 Å². The molecule has 0 saturated heterocycles. The maximum absolute atomic E-state index is 13.8. The number of nitrogens with zero attached hydrogens (tertiary/aromatic N) is 4. The molecule has 1 atom stereocenters. The minimum atomic E-state index is -0.617. The van der Waals surface area contributed by atoms with Gasteiger partial charge in [0.2, 0.25) is 11.7 Å². The van der Waals surface area contributed by atoms with Crippen LogP contribution in [0.3, 0.4) is 0 Å². The number of carbonyl (C=O) groups excluding carboxylic acids is 2. The second kappa shape index (κ2) is 9.12. The Kier molecular flexibility index (Phi) is 5.52. The Bertz CT molecular complexity index is 1840. The first-order valence-electron chi connectivity index (χ1n) is 13.6. The van der Waals surface area contributed by atoms with Gasteiger partial charge >= 0.3 is 0 Å². The fourth-order valence-electron chi connectivity index (χ4n) is 6.40. The molecule has 8 heteroatoms. The van der Waals surface area contributed by atoms with Gasteiger partial charge in [0.1, 0.15) is 23.7 Å². The molecule has 4 heterocycles. The van der Waals surface area contributed by atoms with Crippen LogP contribution >= 0.6 is 0 Å². The highest BCUT2D eigenvalue weighted by Gasteiger charge is 2.51. The van der Waals surface area contributed by atoms with E-state index >= 15 is 0 Å². The summed E-state index contributed by atoms with van der Waals surface area (Å²) < 4.78 is 2.11. The Labute approximate surface area is 231 Å². The third kappa shape index (κ3) is 3.63. The molecule has 0 fully saturated rings. The molecule has 1 aliphatic heterocycles. The fraction of sp³-hybridized carbons (Fsp3) is 0.219. The SMILES string of the molecule is CCCc1c(C(=O)c2cc(Nc3ccc4c(c3)CC3(C4)C(=O)Nc4ncccc43)ncn2)c2ccccc2n1C. The zero-order chi connectivity index (χ0) is 27.4. The van der Waals surface area contributed by atoms with Crippen LogP contribution in [0.15, 0.2) is 73.2 Å². The van der Waals surface area contributed by atoms with Crippen molar-refractivity contribution in [3.05, 3.63) is 107 Å². The number of fused-ring (bicyclic) bond motifs is 4. The van der Waals surface area contributed by atoms with Gasteiger partial charge in [0, 0.05) is 47.2 Å². The molecule has 2 aromatic carbocycles. The van der Waals surface area contributed by atoms with E-state index in [0.717, 1.165) is 51.8 Å². The molecule has 7 rings (SSSR count). The van der Waals surface area contributed by atoms with Gasteiger partial charge in [-0.15, -0.1) is 0 Å². The summed E-state index contributed by atoms with van der Waals surface area (Å²) in [5, 5.41) is 7.25. The fourth-order valence-corrected chi connectivity index (χ4v) is 6.40. The molecule has 198 valence electrons. The van der Waals surface area contributed by atoms with Gasteiger partial charge in [-0.3, -0.25) is 9.59 Å². The molecule has 2 N–H and O–H groups in total. The lowest BCUT2D eigenvalue weighted by molar-refractivity contribution is -0.120. The van der Waals surface area contributed by atoms with Crippen LogP contribution < -0.4 is 10.6 Å². The summed E-state index contributed by atoms with van der Waals surface area (Å²) >= 11 is 0. The van der Waals surface area contributed by atoms with Gasteiger partial charge in [0.25, 0.3) is 0 Å². The molecule has 5 aromatic rings. The molecule has 1 unspecified atom stereocenters. The quantitative estimate of drug-likeness (QED) is 0.291. The molecule has 40 heavy (non-hydrogen) atoms. The number of aryl methyl sites for hydroxylation is 1. The number of hydrogen-bond donors (Lipinski definition) is 2. The highest BCUT2D eigenvalue weighted by molar-refractivity contribution is 6.17. The minimum Gasteiger partial charge on any atom is -0.347 e. The summed E-state index contributed by atoms with van der Waals surface area (Å²) in [5.41, 5.74) is 6.55. The number of ketones is 1. The topological polar surface area (TPSA) is 102 Å². The first kappa shape index (κ1) is 24.2. The van der Waals surface area contributed by atoms with Gasteiger partial charge in [-0.25, -0.2) is 15.0 Å². The predicted octanol–water partition coefficient (Wildman–Crippen LogP) is 5.28. The molecule has 1 spiro atoms. The van der Waals surface area contributed by atoms with Crippen molar-refractivity contribution in [1.82, 2.24) is 19.5 Å². The van der Waals surface area contributed by atoms with Gasteiger partial charge in [0.05, 0.1) is 11.0 Å². The van der Waals surface area contributed by atoms with E-state index in [9.17, 15) is 9.59 Å². The lowest BCUT2D eigenvalue weighted by atomic mass is 9.79. The molecule has 8 nitrogen and oxygen atoms in total. The molecule has 1 amide bonds. The Hall–Kier alpha value is -4.85. The van der Waals surface area contributed by atoms with E-state index in [2.05, 4.69) is 49.2 Å². The third-order valence-electron chi connectivity index (χ3n) is 8.29. The Morgan fingerprint density at radius 3 is 2.75 bits per heavy atom. The monoisotopic (exact) mass is 528 g/mol. The van der Waals surface area contributed by atoms with E-state index in [0.29, 0.717) is 35.7 Å². The number of pyridine rings is 1. The van der Waals surface area contributed by atoms with Crippen LogP contribution in [0.1, 0.15) is 51.8 Å². The number of para-hydroxylation sites is 1. The smallest absolute Gasteiger partial charge is 0.237 e. The number of amides is 1. The van der Waals surface area contributed by atoms with Crippen molar-refractivity contribution in [3.63, 3.8) is 0 Å². The average Bonchev–Trinajstić information content (AvgIpc) is 3.58. The Morgan fingerprint density at radius 1 is 1.02 bits per heavy atom. The van der Waals surface area contributed by atoms with Crippen LogP contribution in [0, 0.1) is 0 Å². The van der Waals surface area contributed by atoms with Crippen molar-refractivity contribution < 1.29 is 9.59 Å². The van der Waals surface area contributed by atoms with Crippen LogP contribution in [0.2, 0.25) is 0 Å². The molecule has 1 aliphatic carbocycles. The number of anilines is 3. The number of benzene rings is 2. The van der Waals surface area contributed by atoms with E-state index in [1.54, 1.807) is 12.3 Å². The lowest BCUT2D eigenvalue weighted by Crippen LogP contribution is -2.35. The molecule has 0 radical (unpaired) electrons. The lowest BCUT2D eigenvalue weighted by Gasteiger charge is -2.20. The molecule has 3 aromatic heterocycles. The normalized spacial score (nSPS) is 17.2. The standard InChI is InChI=1S/C32H28N6O2/c1-3-7-26-28(22-8-4-5-10-25(22)38(26)2)29(39)24-15-27(35-18-34-24)36-21-12-11-19-16-32(17-20(19)14-21)23-9-6-13-33-30(23)37-31(32)40/h4-6,8-15,18H,3,7,16-17H2,1-2H3,(H,33,37,40)(H,34,35,36). The van der Waals surface area contributed by atoms with E-state index in [1.807, 2.05) is 49.5 Å². The van der Waals surface area contributed by atoms with E-state index in [1.165, 1.54) is 6.33 Å². The van der Waals surface area contributed by atoms with Crippen LogP contribution in [0.5, 0.6) is 0 Å². The van der Waals surface area contributed by atoms with E-state index < -0.39 is 5.41 Å². The summed E-state index contributed by atoms with van der Waals surface area (Å²) in [4.78, 5) is 40.0. The number of hydrogen-bond acceptors (Lipinski definition) is 6. The molecular weight excluding hydrogens is 500 g/mol. The zero-order valence-corrected chi connectivity index (χ0v) is 22.4. The molecular formula is C32H28N6O2. The molecule has 0 saturated carbocycles. The van der Waals surface area contributed by atoms with Gasteiger partial charge < -0.3 is 15.2 Å². The molecule has 2 aliphatic rings. The highest BCUT2D eigenvalue weighted by atomic mass is 16.2. The van der Waals surface area contributed by atoms with Crippen LogP contribution in [-0.2, 0) is 36.5 Å². The number of aromatic nitrogens is 4. The van der Waals surface area contributed by atoms with Crippen molar-refractivity contribution in [2.24, 2.45) is 7.05 Å². The van der Waals surface area contributed by atoms with Crippen molar-refractivity contribution in [2.75, 3.05) is 10.6 Å². The summed E-state index contributed by atoms with van der Waals surface area (Å²) in [6.07, 6.45) is 6.12. The van der Waals surface area contributed by atoms with Crippen LogP contribution in [0.4, 0.5) is 17.3 Å². The van der Waals surface area contributed by atoms with Gasteiger partial charge in [-0.05, 0) is 54.7 Å². The van der Waals surface area contributed by atoms with Gasteiger partial charge in [-0.2, -0.15) is 0 Å². The van der Waals surface area contributed by atoms with Crippen LogP contribution in [0.25, 0.3) is 10.9 Å².